The number of nitrogens with zero attached hydrogens (tertiary/aromatic N) is 2. The second-order valence-electron chi connectivity index (χ2n) is 6.99. The number of hydrogen-bond acceptors (Lipinski definition) is 5. The summed E-state index contributed by atoms with van der Waals surface area (Å²) in [5, 5.41) is 1.28. The first-order valence-electron chi connectivity index (χ1n) is 7.67. The first kappa shape index (κ1) is 14.3. The van der Waals surface area contributed by atoms with Crippen LogP contribution in [0.25, 0.3) is 0 Å². The van der Waals surface area contributed by atoms with Crippen molar-refractivity contribution >= 4 is 19.3 Å². The van der Waals surface area contributed by atoms with Gasteiger partial charge in [0.2, 0.25) is 5.88 Å². The van der Waals surface area contributed by atoms with E-state index in [0.29, 0.717) is 12.5 Å². The Morgan fingerprint density at radius 3 is 2.65 bits per heavy atom. The van der Waals surface area contributed by atoms with Crippen molar-refractivity contribution in [3.8, 4) is 11.6 Å². The number of aromatic nitrogens is 1. The first-order chi connectivity index (χ1) is 10.9. The van der Waals surface area contributed by atoms with Gasteiger partial charge in [-0.25, -0.2) is 9.98 Å². The molecule has 2 N–H and O–H groups in total. The number of fused-ring (bicyclic) bond motifs is 4. The van der Waals surface area contributed by atoms with Crippen LogP contribution in [0.3, 0.4) is 0 Å². The van der Waals surface area contributed by atoms with E-state index in [-0.39, 0.29) is 6.02 Å². The van der Waals surface area contributed by atoms with Crippen molar-refractivity contribution in [2.45, 2.75) is 25.2 Å². The molecule has 23 heavy (non-hydrogen) atoms. The zero-order valence-electron chi connectivity index (χ0n) is 13.5. The van der Waals surface area contributed by atoms with Gasteiger partial charge in [0.1, 0.15) is 12.4 Å². The Morgan fingerprint density at radius 1 is 1.17 bits per heavy atom. The molecule has 2 aromatic rings. The van der Waals surface area contributed by atoms with Gasteiger partial charge in [0.05, 0.1) is 8.07 Å². The molecule has 0 aliphatic carbocycles. The Bertz CT molecular complexity index is 829. The second-order valence-corrected chi connectivity index (χ2v) is 12.0. The third kappa shape index (κ3) is 1.98. The summed E-state index contributed by atoms with van der Waals surface area (Å²) in [7, 11) is -1.64. The van der Waals surface area contributed by atoms with Crippen LogP contribution in [0, 0.1) is 0 Å². The van der Waals surface area contributed by atoms with Crippen LogP contribution in [0.4, 0.5) is 0 Å². The SMILES string of the molecule is C[Si](C)(C)c1ccnc2c1C1(COC(N)=N1)c1ccccc1O2. The summed E-state index contributed by atoms with van der Waals surface area (Å²) in [6.45, 7) is 7.30. The number of pyridine rings is 1. The Kier molecular flexibility index (Phi) is 2.84. The van der Waals surface area contributed by atoms with Crippen LogP contribution in [0.15, 0.2) is 41.5 Å². The maximum absolute atomic E-state index is 6.08. The van der Waals surface area contributed by atoms with Gasteiger partial charge in [-0.1, -0.05) is 37.8 Å². The quantitative estimate of drug-likeness (QED) is 0.817. The van der Waals surface area contributed by atoms with Crippen molar-refractivity contribution in [3.63, 3.8) is 0 Å². The van der Waals surface area contributed by atoms with Crippen LogP contribution in [0.1, 0.15) is 11.1 Å². The Labute approximate surface area is 136 Å². The third-order valence-corrected chi connectivity index (χ3v) is 6.44. The fourth-order valence-corrected chi connectivity index (χ4v) is 5.02. The molecule has 5 nitrogen and oxygen atoms in total. The predicted octanol–water partition coefficient (Wildman–Crippen LogP) is 2.32. The highest BCUT2D eigenvalue weighted by molar-refractivity contribution is 6.89. The van der Waals surface area contributed by atoms with Crippen LogP contribution >= 0.6 is 0 Å². The molecule has 1 aromatic heterocycles. The minimum absolute atomic E-state index is 0.220. The number of aliphatic imine (C=N–C) groups is 1. The topological polar surface area (TPSA) is 69.7 Å². The second kappa shape index (κ2) is 4.58. The lowest BCUT2D eigenvalue weighted by Gasteiger charge is -2.36. The standard InChI is InChI=1S/C17H19N3O2Si/c1-23(2,3)13-8-9-19-15-14(13)17(10-21-16(18)20-17)11-6-4-5-7-12(11)22-15/h4-9H,10H2,1-3H3,(H2,18,20). The molecule has 0 radical (unpaired) electrons. The number of ether oxygens (including phenoxy) is 2. The predicted molar refractivity (Wildman–Crippen MR) is 92.1 cm³/mol. The number of nitrogens with two attached hydrogens (primary N) is 1. The molecule has 4 rings (SSSR count). The number of amidine groups is 1. The van der Waals surface area contributed by atoms with Crippen LogP contribution in [0.5, 0.6) is 11.6 Å². The molecule has 1 aromatic carbocycles. The van der Waals surface area contributed by atoms with Gasteiger partial charge < -0.3 is 15.2 Å². The fourth-order valence-electron chi connectivity index (χ4n) is 3.38. The highest BCUT2D eigenvalue weighted by Gasteiger charge is 2.49. The van der Waals surface area contributed by atoms with Crippen molar-refractivity contribution in [2.24, 2.45) is 10.7 Å². The molecule has 1 unspecified atom stereocenters. The van der Waals surface area contributed by atoms with E-state index in [1.807, 2.05) is 30.5 Å². The summed E-state index contributed by atoms with van der Waals surface area (Å²) in [5.74, 6) is 1.38. The lowest BCUT2D eigenvalue weighted by molar-refractivity contribution is 0.263. The summed E-state index contributed by atoms with van der Waals surface area (Å²) in [6, 6.07) is 10.2. The normalized spacial score (nSPS) is 22.0. The fraction of sp³-hybridized carbons (Fsp3) is 0.294. The molecule has 2 aliphatic rings. The van der Waals surface area contributed by atoms with Crippen molar-refractivity contribution < 1.29 is 9.47 Å². The van der Waals surface area contributed by atoms with Gasteiger partial charge in [-0.15, -0.1) is 0 Å². The van der Waals surface area contributed by atoms with Crippen molar-refractivity contribution in [1.29, 1.82) is 0 Å². The minimum Gasteiger partial charge on any atom is -0.462 e. The monoisotopic (exact) mass is 325 g/mol. The molecular formula is C17H19N3O2Si. The lowest BCUT2D eigenvalue weighted by atomic mass is 9.82. The molecule has 3 heterocycles. The maximum Gasteiger partial charge on any atom is 0.283 e. The van der Waals surface area contributed by atoms with Crippen LogP contribution in [0.2, 0.25) is 19.6 Å². The van der Waals surface area contributed by atoms with E-state index in [2.05, 4.69) is 30.7 Å². The summed E-state index contributed by atoms with van der Waals surface area (Å²) >= 11 is 0. The van der Waals surface area contributed by atoms with Gasteiger partial charge in [-0.3, -0.25) is 0 Å². The van der Waals surface area contributed by atoms with Gasteiger partial charge >= 0.3 is 0 Å². The van der Waals surface area contributed by atoms with E-state index in [4.69, 9.17) is 20.2 Å². The van der Waals surface area contributed by atoms with Gasteiger partial charge in [-0.2, -0.15) is 0 Å². The van der Waals surface area contributed by atoms with E-state index in [1.54, 1.807) is 0 Å². The highest BCUT2D eigenvalue weighted by Crippen LogP contribution is 2.49. The van der Waals surface area contributed by atoms with Crippen LogP contribution in [-0.2, 0) is 10.3 Å². The maximum atomic E-state index is 6.08. The van der Waals surface area contributed by atoms with Gasteiger partial charge in [0.15, 0.2) is 5.54 Å². The molecule has 0 fully saturated rings. The van der Waals surface area contributed by atoms with Crippen molar-refractivity contribution in [3.05, 3.63) is 47.7 Å². The van der Waals surface area contributed by atoms with Crippen LogP contribution in [-0.4, -0.2) is 25.7 Å². The molecule has 1 spiro atoms. The van der Waals surface area contributed by atoms with Crippen molar-refractivity contribution in [1.82, 2.24) is 4.98 Å². The van der Waals surface area contributed by atoms with Crippen LogP contribution < -0.4 is 15.7 Å². The summed E-state index contributed by atoms with van der Waals surface area (Å²) in [6.07, 6.45) is 1.82. The van der Waals surface area contributed by atoms with E-state index in [0.717, 1.165) is 16.9 Å². The van der Waals surface area contributed by atoms with E-state index in [1.165, 1.54) is 5.19 Å². The average molecular weight is 325 g/mol. The average Bonchev–Trinajstić information content (AvgIpc) is 2.89. The minimum atomic E-state index is -1.64. The molecule has 118 valence electrons. The Morgan fingerprint density at radius 2 is 1.96 bits per heavy atom. The molecule has 0 amide bonds. The first-order valence-corrected chi connectivity index (χ1v) is 11.2. The summed E-state index contributed by atoms with van der Waals surface area (Å²) in [5.41, 5.74) is 7.24. The van der Waals surface area contributed by atoms with Gasteiger partial charge in [0.25, 0.3) is 6.02 Å². The Hall–Kier alpha value is -2.34. The molecule has 0 bridgehead atoms. The summed E-state index contributed by atoms with van der Waals surface area (Å²) in [4.78, 5) is 9.18. The molecular weight excluding hydrogens is 306 g/mol. The zero-order valence-corrected chi connectivity index (χ0v) is 14.5. The number of hydrogen-bond donors (Lipinski definition) is 1. The van der Waals surface area contributed by atoms with Gasteiger partial charge in [0, 0.05) is 17.3 Å². The molecule has 6 heteroatoms. The smallest absolute Gasteiger partial charge is 0.283 e. The van der Waals surface area contributed by atoms with E-state index < -0.39 is 13.6 Å². The molecule has 1 atom stereocenters. The number of benzene rings is 1. The van der Waals surface area contributed by atoms with E-state index >= 15 is 0 Å². The zero-order chi connectivity index (χ0) is 16.2. The third-order valence-electron chi connectivity index (χ3n) is 4.41. The molecule has 0 saturated carbocycles. The number of rotatable bonds is 1. The molecule has 2 aliphatic heterocycles. The van der Waals surface area contributed by atoms with Gasteiger partial charge in [-0.05, 0) is 17.3 Å². The van der Waals surface area contributed by atoms with Crippen molar-refractivity contribution in [2.75, 3.05) is 6.61 Å². The van der Waals surface area contributed by atoms with E-state index in [9.17, 15) is 0 Å². The summed E-state index contributed by atoms with van der Waals surface area (Å²) < 4.78 is 11.7. The largest absolute Gasteiger partial charge is 0.462 e. The highest BCUT2D eigenvalue weighted by atomic mass is 28.3. The number of para-hydroxylation sites is 1. The Balaban J connectivity index is 2.08. The lowest BCUT2D eigenvalue weighted by Crippen LogP contribution is -2.47. The molecule has 0 saturated heterocycles.